The first-order valence-electron chi connectivity index (χ1n) is 7.39. The molecule has 0 unspecified atom stereocenters. The van der Waals surface area contributed by atoms with Crippen LogP contribution in [0.4, 0.5) is 8.78 Å². The molecule has 0 spiro atoms. The zero-order valence-corrected chi connectivity index (χ0v) is 13.8. The summed E-state index contributed by atoms with van der Waals surface area (Å²) in [6, 6.07) is 8.22. The smallest absolute Gasteiger partial charge is 0.296 e. The number of imidazole rings is 1. The SMILES string of the molecule is C[C@@H](Cc1nc2ccccc2s1)N(C)Cc1nccn1C(F)F. The van der Waals surface area contributed by atoms with Crippen LogP contribution in [0.25, 0.3) is 10.2 Å². The van der Waals surface area contributed by atoms with Crippen LogP contribution in [0.1, 0.15) is 24.3 Å². The molecule has 0 fully saturated rings. The lowest BCUT2D eigenvalue weighted by Gasteiger charge is -2.23. The molecule has 0 N–H and O–H groups in total. The van der Waals surface area contributed by atoms with Gasteiger partial charge in [0, 0.05) is 24.9 Å². The minimum Gasteiger partial charge on any atom is -0.296 e. The Balaban J connectivity index is 1.67. The van der Waals surface area contributed by atoms with Crippen molar-refractivity contribution in [2.24, 2.45) is 0 Å². The summed E-state index contributed by atoms with van der Waals surface area (Å²) in [5, 5.41) is 1.06. The highest BCUT2D eigenvalue weighted by Crippen LogP contribution is 2.23. The highest BCUT2D eigenvalue weighted by molar-refractivity contribution is 7.18. The van der Waals surface area contributed by atoms with Gasteiger partial charge in [0.1, 0.15) is 5.82 Å². The Bertz CT molecular complexity index is 750. The van der Waals surface area contributed by atoms with Crippen LogP contribution in [0.15, 0.2) is 36.7 Å². The molecule has 0 radical (unpaired) electrons. The molecule has 2 aromatic heterocycles. The molecular weight excluding hydrogens is 318 g/mol. The molecule has 0 amide bonds. The van der Waals surface area contributed by atoms with Gasteiger partial charge in [-0.05, 0) is 26.1 Å². The highest BCUT2D eigenvalue weighted by atomic mass is 32.1. The van der Waals surface area contributed by atoms with Crippen LogP contribution in [-0.2, 0) is 13.0 Å². The lowest BCUT2D eigenvalue weighted by atomic mass is 10.2. The van der Waals surface area contributed by atoms with Crippen LogP contribution in [0.3, 0.4) is 0 Å². The quantitative estimate of drug-likeness (QED) is 0.683. The molecule has 0 aliphatic heterocycles. The molecule has 1 atom stereocenters. The van der Waals surface area contributed by atoms with Crippen LogP contribution in [0.2, 0.25) is 0 Å². The number of halogens is 2. The Hall–Kier alpha value is -1.86. The van der Waals surface area contributed by atoms with Gasteiger partial charge >= 0.3 is 6.55 Å². The number of para-hydroxylation sites is 1. The van der Waals surface area contributed by atoms with Crippen LogP contribution >= 0.6 is 11.3 Å². The van der Waals surface area contributed by atoms with E-state index in [0.29, 0.717) is 12.4 Å². The van der Waals surface area contributed by atoms with Gasteiger partial charge in [0.25, 0.3) is 0 Å². The van der Waals surface area contributed by atoms with Gasteiger partial charge in [-0.15, -0.1) is 11.3 Å². The minimum atomic E-state index is -2.56. The second kappa shape index (κ2) is 6.72. The molecular formula is C16H18F2N4S. The second-order valence-electron chi connectivity index (χ2n) is 5.57. The maximum absolute atomic E-state index is 12.9. The average molecular weight is 336 g/mol. The van der Waals surface area contributed by atoms with Crippen LogP contribution in [0, 0.1) is 0 Å². The first-order chi connectivity index (χ1) is 11.0. The van der Waals surface area contributed by atoms with Gasteiger partial charge in [-0.3, -0.25) is 9.47 Å². The van der Waals surface area contributed by atoms with Gasteiger partial charge in [-0.1, -0.05) is 12.1 Å². The Labute approximate surface area is 137 Å². The lowest BCUT2D eigenvalue weighted by molar-refractivity contribution is 0.0636. The summed E-state index contributed by atoms with van der Waals surface area (Å²) in [6.45, 7) is -0.106. The zero-order valence-electron chi connectivity index (χ0n) is 13.0. The molecule has 0 saturated heterocycles. The van der Waals surface area contributed by atoms with Crippen molar-refractivity contribution < 1.29 is 8.78 Å². The summed E-state index contributed by atoms with van der Waals surface area (Å²) < 4.78 is 27.8. The molecule has 122 valence electrons. The van der Waals surface area contributed by atoms with Gasteiger partial charge in [-0.2, -0.15) is 8.78 Å². The van der Waals surface area contributed by atoms with Gasteiger partial charge in [0.2, 0.25) is 0 Å². The normalized spacial score (nSPS) is 13.3. The third kappa shape index (κ3) is 3.56. The Morgan fingerprint density at radius 1 is 1.30 bits per heavy atom. The molecule has 0 aliphatic carbocycles. The molecule has 2 heterocycles. The summed E-state index contributed by atoms with van der Waals surface area (Å²) in [5.41, 5.74) is 1.01. The predicted octanol–water partition coefficient (Wildman–Crippen LogP) is 3.95. The lowest BCUT2D eigenvalue weighted by Crippen LogP contribution is -2.31. The van der Waals surface area contributed by atoms with E-state index in [0.717, 1.165) is 21.5 Å². The molecule has 23 heavy (non-hydrogen) atoms. The first kappa shape index (κ1) is 16.0. The fourth-order valence-corrected chi connectivity index (χ4v) is 3.53. The molecule has 1 aromatic carbocycles. The molecule has 0 saturated carbocycles. The Kier molecular flexibility index (Phi) is 4.68. The minimum absolute atomic E-state index is 0.179. The summed E-state index contributed by atoms with van der Waals surface area (Å²) in [5.74, 6) is 0.374. The molecule has 3 aromatic rings. The van der Waals surface area contributed by atoms with E-state index in [4.69, 9.17) is 0 Å². The number of thiazole rings is 1. The molecule has 0 aliphatic rings. The Morgan fingerprint density at radius 3 is 2.83 bits per heavy atom. The molecule has 0 bridgehead atoms. The molecule has 7 heteroatoms. The van der Waals surface area contributed by atoms with Crippen molar-refractivity contribution in [1.82, 2.24) is 19.4 Å². The number of likely N-dealkylation sites (N-methyl/N-ethyl adjacent to an activating group) is 1. The Morgan fingerprint density at radius 2 is 2.09 bits per heavy atom. The van der Waals surface area contributed by atoms with Crippen molar-refractivity contribution in [3.8, 4) is 0 Å². The number of rotatable bonds is 6. The number of fused-ring (bicyclic) bond motifs is 1. The van der Waals surface area contributed by atoms with Crippen molar-refractivity contribution in [1.29, 1.82) is 0 Å². The number of benzene rings is 1. The standard InChI is InChI=1S/C16H18F2N4S/c1-11(9-15-20-12-5-3-4-6-13(12)23-15)21(2)10-14-19-7-8-22(14)16(17)18/h3-8,11,16H,9-10H2,1-2H3/t11-/m0/s1. The van der Waals surface area contributed by atoms with Crippen LogP contribution in [0.5, 0.6) is 0 Å². The van der Waals surface area contributed by atoms with Crippen LogP contribution in [-0.4, -0.2) is 32.5 Å². The van der Waals surface area contributed by atoms with E-state index in [-0.39, 0.29) is 6.04 Å². The fraction of sp³-hybridized carbons (Fsp3) is 0.375. The van der Waals surface area contributed by atoms with E-state index in [1.807, 2.05) is 30.1 Å². The van der Waals surface area contributed by atoms with Gasteiger partial charge in [-0.25, -0.2) is 9.97 Å². The first-order valence-corrected chi connectivity index (χ1v) is 8.21. The van der Waals surface area contributed by atoms with Gasteiger partial charge < -0.3 is 0 Å². The van der Waals surface area contributed by atoms with E-state index < -0.39 is 6.55 Å². The molecule has 3 rings (SSSR count). The van der Waals surface area contributed by atoms with E-state index in [9.17, 15) is 8.78 Å². The summed E-state index contributed by atoms with van der Waals surface area (Å²) >= 11 is 1.68. The molecule has 4 nitrogen and oxygen atoms in total. The van der Waals surface area contributed by atoms with Crippen molar-refractivity contribution in [3.05, 3.63) is 47.5 Å². The van der Waals surface area contributed by atoms with E-state index in [1.165, 1.54) is 17.1 Å². The van der Waals surface area contributed by atoms with Crippen molar-refractivity contribution in [3.63, 3.8) is 0 Å². The third-order valence-electron chi connectivity index (χ3n) is 3.91. The number of nitrogens with zero attached hydrogens (tertiary/aromatic N) is 4. The van der Waals surface area contributed by atoms with Crippen LogP contribution < -0.4 is 0 Å². The number of hydrogen-bond donors (Lipinski definition) is 0. The zero-order chi connectivity index (χ0) is 16.4. The van der Waals surface area contributed by atoms with E-state index >= 15 is 0 Å². The number of alkyl halides is 2. The monoisotopic (exact) mass is 336 g/mol. The van der Waals surface area contributed by atoms with Crippen molar-refractivity contribution in [2.45, 2.75) is 32.5 Å². The predicted molar refractivity (Wildman–Crippen MR) is 87.7 cm³/mol. The van der Waals surface area contributed by atoms with Crippen molar-refractivity contribution in [2.75, 3.05) is 7.05 Å². The second-order valence-corrected chi connectivity index (χ2v) is 6.69. The summed E-state index contributed by atoms with van der Waals surface area (Å²) in [4.78, 5) is 10.7. The van der Waals surface area contributed by atoms with Crippen molar-refractivity contribution >= 4 is 21.6 Å². The maximum Gasteiger partial charge on any atom is 0.319 e. The highest BCUT2D eigenvalue weighted by Gasteiger charge is 2.17. The summed E-state index contributed by atoms with van der Waals surface area (Å²) in [7, 11) is 1.92. The number of hydrogen-bond acceptors (Lipinski definition) is 4. The third-order valence-corrected chi connectivity index (χ3v) is 4.97. The average Bonchev–Trinajstić information content (AvgIpc) is 3.12. The number of aromatic nitrogens is 3. The van der Waals surface area contributed by atoms with Gasteiger partial charge in [0.15, 0.2) is 0 Å². The van der Waals surface area contributed by atoms with Gasteiger partial charge in [0.05, 0.1) is 21.8 Å². The maximum atomic E-state index is 12.9. The van der Waals surface area contributed by atoms with E-state index in [2.05, 4.69) is 23.0 Å². The fourth-order valence-electron chi connectivity index (χ4n) is 2.44. The topological polar surface area (TPSA) is 34.0 Å². The largest absolute Gasteiger partial charge is 0.319 e. The summed E-state index contributed by atoms with van der Waals surface area (Å²) in [6.07, 6.45) is 3.50. The van der Waals surface area contributed by atoms with E-state index in [1.54, 1.807) is 11.3 Å².